The number of carbonyl (C=O) groups is 1. The zero-order valence-electron chi connectivity index (χ0n) is 17.7. The Bertz CT molecular complexity index is 1040. The number of ether oxygens (including phenoxy) is 1. The molecule has 2 aromatic rings. The van der Waals surface area contributed by atoms with Crippen LogP contribution in [-0.2, 0) is 16.4 Å². The van der Waals surface area contributed by atoms with Gasteiger partial charge in [0.2, 0.25) is 10.0 Å². The van der Waals surface area contributed by atoms with Crippen molar-refractivity contribution in [2.75, 3.05) is 19.7 Å². The first kappa shape index (κ1) is 22.9. The van der Waals surface area contributed by atoms with E-state index in [-0.39, 0.29) is 23.5 Å². The van der Waals surface area contributed by atoms with Crippen LogP contribution in [0.4, 0.5) is 0 Å². The van der Waals surface area contributed by atoms with E-state index in [0.717, 1.165) is 24.8 Å². The summed E-state index contributed by atoms with van der Waals surface area (Å²) in [5.74, 6) is 2.82. The molecule has 0 aromatic heterocycles. The van der Waals surface area contributed by atoms with E-state index in [1.165, 1.54) is 6.07 Å². The summed E-state index contributed by atoms with van der Waals surface area (Å²) >= 11 is 0. The quantitative estimate of drug-likeness (QED) is 0.640. The Morgan fingerprint density at radius 1 is 1.23 bits per heavy atom. The van der Waals surface area contributed by atoms with Crippen LogP contribution in [-0.4, -0.2) is 44.4 Å². The van der Waals surface area contributed by atoms with Crippen LogP contribution in [0.1, 0.15) is 42.1 Å². The van der Waals surface area contributed by atoms with Crippen molar-refractivity contribution in [3.8, 4) is 18.1 Å². The molecule has 0 bridgehead atoms. The zero-order chi connectivity index (χ0) is 22.3. The highest BCUT2D eigenvalue weighted by atomic mass is 32.2. The molecule has 3 rings (SSSR count). The van der Waals surface area contributed by atoms with Gasteiger partial charge in [0.15, 0.2) is 0 Å². The number of amides is 1. The number of hydrogen-bond acceptors (Lipinski definition) is 4. The van der Waals surface area contributed by atoms with Crippen LogP contribution in [0, 0.1) is 12.3 Å². The number of nitrogens with zero attached hydrogens (tertiary/aromatic N) is 1. The number of hydrogen-bond donors (Lipinski definition) is 1. The Morgan fingerprint density at radius 2 is 2.00 bits per heavy atom. The molecule has 1 N–H and O–H groups in total. The summed E-state index contributed by atoms with van der Waals surface area (Å²) in [6.45, 7) is 3.11. The predicted molar refractivity (Wildman–Crippen MR) is 120 cm³/mol. The minimum atomic E-state index is -3.61. The number of sulfonamides is 1. The monoisotopic (exact) mass is 440 g/mol. The highest BCUT2D eigenvalue weighted by Gasteiger charge is 2.31. The second-order valence-electron chi connectivity index (χ2n) is 7.63. The van der Waals surface area contributed by atoms with Crippen molar-refractivity contribution in [1.82, 2.24) is 9.62 Å². The molecule has 0 aliphatic carbocycles. The highest BCUT2D eigenvalue weighted by molar-refractivity contribution is 7.89. The van der Waals surface area contributed by atoms with Gasteiger partial charge >= 0.3 is 0 Å². The normalized spacial score (nSPS) is 17.0. The minimum Gasteiger partial charge on any atom is -0.481 e. The third-order valence-corrected chi connectivity index (χ3v) is 7.40. The van der Waals surface area contributed by atoms with E-state index in [1.54, 1.807) is 22.5 Å². The topological polar surface area (TPSA) is 75.7 Å². The summed E-state index contributed by atoms with van der Waals surface area (Å²) in [6.07, 6.45) is 8.58. The lowest BCUT2D eigenvalue weighted by atomic mass is 10.1. The molecule has 7 heteroatoms. The lowest BCUT2D eigenvalue weighted by Crippen LogP contribution is -2.42. The second-order valence-corrected chi connectivity index (χ2v) is 9.52. The molecule has 164 valence electrons. The maximum Gasteiger partial charge on any atom is 0.251 e. The van der Waals surface area contributed by atoms with Crippen molar-refractivity contribution in [3.63, 3.8) is 0 Å². The summed E-state index contributed by atoms with van der Waals surface area (Å²) in [6, 6.07) is 13.8. The van der Waals surface area contributed by atoms with Crippen molar-refractivity contribution < 1.29 is 17.9 Å². The van der Waals surface area contributed by atoms with Crippen LogP contribution < -0.4 is 10.1 Å². The average molecular weight is 441 g/mol. The van der Waals surface area contributed by atoms with Crippen molar-refractivity contribution in [3.05, 3.63) is 59.7 Å². The second kappa shape index (κ2) is 10.5. The van der Waals surface area contributed by atoms with Crippen LogP contribution in [0.3, 0.4) is 0 Å². The summed E-state index contributed by atoms with van der Waals surface area (Å²) in [5, 5.41) is 2.86. The molecule has 1 fully saturated rings. The molecule has 0 radical (unpaired) electrons. The smallest absolute Gasteiger partial charge is 0.251 e. The van der Waals surface area contributed by atoms with Crippen LogP contribution in [0.2, 0.25) is 0 Å². The van der Waals surface area contributed by atoms with Crippen molar-refractivity contribution in [2.24, 2.45) is 0 Å². The summed E-state index contributed by atoms with van der Waals surface area (Å²) in [4.78, 5) is 12.7. The van der Waals surface area contributed by atoms with Crippen molar-refractivity contribution in [2.45, 2.75) is 43.5 Å². The molecule has 1 unspecified atom stereocenters. The summed E-state index contributed by atoms with van der Waals surface area (Å²) in [5.41, 5.74) is 1.38. The van der Waals surface area contributed by atoms with Gasteiger partial charge in [-0.15, -0.1) is 6.42 Å². The van der Waals surface area contributed by atoms with E-state index < -0.39 is 10.0 Å². The molecule has 0 spiro atoms. The number of benzene rings is 2. The van der Waals surface area contributed by atoms with Crippen LogP contribution >= 0.6 is 0 Å². The maximum atomic E-state index is 13.0. The Hall–Kier alpha value is -2.82. The number of piperidine rings is 1. The predicted octanol–water partition coefficient (Wildman–Crippen LogP) is 3.23. The first-order valence-corrected chi connectivity index (χ1v) is 11.9. The molecule has 2 aromatic carbocycles. The van der Waals surface area contributed by atoms with Gasteiger partial charge in [0.25, 0.3) is 5.91 Å². The Kier molecular flexibility index (Phi) is 7.72. The average Bonchev–Trinajstić information content (AvgIpc) is 2.78. The van der Waals surface area contributed by atoms with Crippen molar-refractivity contribution >= 4 is 15.9 Å². The van der Waals surface area contributed by atoms with E-state index >= 15 is 0 Å². The lowest BCUT2D eigenvalue weighted by Gasteiger charge is -2.32. The first-order chi connectivity index (χ1) is 14.9. The maximum absolute atomic E-state index is 13.0. The van der Waals surface area contributed by atoms with Crippen molar-refractivity contribution in [1.29, 1.82) is 0 Å². The SMILES string of the molecule is C#CCOc1ccc(CCNC(=O)c2cccc(S(=O)(=O)N3CCCCC3C)c2)cc1. The Balaban J connectivity index is 1.59. The number of carbonyl (C=O) groups excluding carboxylic acids is 1. The molecule has 1 heterocycles. The fraction of sp³-hybridized carbons (Fsp3) is 0.375. The Morgan fingerprint density at radius 3 is 2.71 bits per heavy atom. The van der Waals surface area contributed by atoms with E-state index in [2.05, 4.69) is 11.2 Å². The van der Waals surface area contributed by atoms with Gasteiger partial charge < -0.3 is 10.1 Å². The molecule has 6 nitrogen and oxygen atoms in total. The van der Waals surface area contributed by atoms with Gasteiger partial charge in [0.05, 0.1) is 4.90 Å². The number of terminal acetylenes is 1. The zero-order valence-corrected chi connectivity index (χ0v) is 18.5. The molecule has 1 atom stereocenters. The largest absolute Gasteiger partial charge is 0.481 e. The van der Waals surface area contributed by atoms with Gasteiger partial charge in [-0.05, 0) is 62.1 Å². The summed E-state index contributed by atoms with van der Waals surface area (Å²) in [7, 11) is -3.61. The molecule has 1 amide bonds. The van der Waals surface area contributed by atoms with Gasteiger partial charge in [-0.25, -0.2) is 8.42 Å². The van der Waals surface area contributed by atoms with Crippen LogP contribution in [0.5, 0.6) is 5.75 Å². The fourth-order valence-corrected chi connectivity index (χ4v) is 5.41. The number of nitrogens with one attached hydrogen (secondary N) is 1. The molecule has 1 saturated heterocycles. The molecular formula is C24H28N2O4S. The van der Waals surface area contributed by atoms with E-state index in [1.807, 2.05) is 31.2 Å². The highest BCUT2D eigenvalue weighted by Crippen LogP contribution is 2.25. The summed E-state index contributed by atoms with van der Waals surface area (Å²) < 4.78 is 33.0. The molecular weight excluding hydrogens is 412 g/mol. The molecule has 0 saturated carbocycles. The third-order valence-electron chi connectivity index (χ3n) is 5.39. The molecule has 1 aliphatic rings. The third kappa shape index (κ3) is 5.87. The van der Waals surface area contributed by atoms with Gasteiger partial charge in [-0.3, -0.25) is 4.79 Å². The lowest BCUT2D eigenvalue weighted by molar-refractivity contribution is 0.0954. The van der Waals surface area contributed by atoms with Crippen LogP contribution in [0.15, 0.2) is 53.4 Å². The minimum absolute atomic E-state index is 0.0282. The van der Waals surface area contributed by atoms with Gasteiger partial charge in [0, 0.05) is 24.7 Å². The molecule has 1 aliphatic heterocycles. The Labute approximate surface area is 184 Å². The first-order valence-electron chi connectivity index (χ1n) is 10.5. The van der Waals surface area contributed by atoms with Crippen LogP contribution in [0.25, 0.3) is 0 Å². The standard InChI is InChI=1S/C24H28N2O4S/c1-3-17-30-22-12-10-20(11-13-22)14-15-25-24(27)21-8-6-9-23(18-21)31(28,29)26-16-5-4-7-19(26)2/h1,6,8-13,18-19H,4-5,7,14-17H2,2H3,(H,25,27). The van der Waals surface area contributed by atoms with Gasteiger partial charge in [0.1, 0.15) is 12.4 Å². The van der Waals surface area contributed by atoms with E-state index in [0.29, 0.717) is 30.8 Å². The van der Waals surface area contributed by atoms with Gasteiger partial charge in [-0.2, -0.15) is 4.31 Å². The van der Waals surface area contributed by atoms with E-state index in [4.69, 9.17) is 11.2 Å². The molecule has 31 heavy (non-hydrogen) atoms. The van der Waals surface area contributed by atoms with Gasteiger partial charge in [-0.1, -0.05) is 30.5 Å². The number of rotatable bonds is 8. The fourth-order valence-electron chi connectivity index (χ4n) is 3.66. The van der Waals surface area contributed by atoms with E-state index in [9.17, 15) is 13.2 Å².